The fraction of sp³-hybridized carbons (Fsp3) is 0.188. The second-order valence-electron chi connectivity index (χ2n) is 4.97. The smallest absolute Gasteiger partial charge is 0.418 e. The van der Waals surface area contributed by atoms with Gasteiger partial charge in [-0.1, -0.05) is 24.3 Å². The van der Waals surface area contributed by atoms with Gasteiger partial charge in [0.2, 0.25) is 0 Å². The molecule has 0 aliphatic carbocycles. The Morgan fingerprint density at radius 2 is 1.87 bits per heavy atom. The number of hydrogen-bond donors (Lipinski definition) is 3. The Morgan fingerprint density at radius 1 is 1.17 bits per heavy atom. The van der Waals surface area contributed by atoms with E-state index in [0.717, 1.165) is 6.07 Å². The molecular formula is C16H15F3N2O2. The van der Waals surface area contributed by atoms with E-state index >= 15 is 0 Å². The van der Waals surface area contributed by atoms with Gasteiger partial charge in [0.15, 0.2) is 0 Å². The maximum atomic E-state index is 12.8. The van der Waals surface area contributed by atoms with Crippen LogP contribution < -0.4 is 10.6 Å². The molecule has 23 heavy (non-hydrogen) atoms. The first kappa shape index (κ1) is 16.7. The van der Waals surface area contributed by atoms with Crippen LogP contribution in [0.3, 0.4) is 0 Å². The monoisotopic (exact) mass is 324 g/mol. The molecule has 3 N–H and O–H groups in total. The minimum atomic E-state index is -4.55. The molecule has 0 bridgehead atoms. The van der Waals surface area contributed by atoms with E-state index in [2.05, 4.69) is 10.6 Å². The number of nitrogens with one attached hydrogen (secondary N) is 2. The number of aryl methyl sites for hydroxylation is 1. The van der Waals surface area contributed by atoms with Gasteiger partial charge in [-0.15, -0.1) is 0 Å². The van der Waals surface area contributed by atoms with Crippen LogP contribution in [0, 0.1) is 6.92 Å². The maximum Gasteiger partial charge on any atom is 0.418 e. The maximum absolute atomic E-state index is 12.8. The quantitative estimate of drug-likeness (QED) is 0.798. The van der Waals surface area contributed by atoms with Crippen LogP contribution in [0.1, 0.15) is 16.7 Å². The van der Waals surface area contributed by atoms with Crippen LogP contribution in [-0.2, 0) is 12.7 Å². The number of phenols is 1. The minimum Gasteiger partial charge on any atom is -0.508 e. The molecule has 0 saturated heterocycles. The molecule has 0 aliphatic rings. The molecule has 7 heteroatoms. The summed E-state index contributed by atoms with van der Waals surface area (Å²) in [6.07, 6.45) is -4.55. The van der Waals surface area contributed by atoms with Gasteiger partial charge in [0, 0.05) is 6.54 Å². The first-order chi connectivity index (χ1) is 10.8. The van der Waals surface area contributed by atoms with Crippen molar-refractivity contribution in [2.75, 3.05) is 5.32 Å². The van der Waals surface area contributed by atoms with Crippen LogP contribution in [0.2, 0.25) is 0 Å². The predicted octanol–water partition coefficient (Wildman–Crippen LogP) is 4.04. The Balaban J connectivity index is 2.02. The number of halogens is 3. The number of amides is 2. The van der Waals surface area contributed by atoms with Crippen molar-refractivity contribution in [3.8, 4) is 5.75 Å². The Kier molecular flexibility index (Phi) is 4.78. The molecule has 0 aliphatic heterocycles. The molecule has 4 nitrogen and oxygen atoms in total. The van der Waals surface area contributed by atoms with Crippen molar-refractivity contribution in [2.24, 2.45) is 0 Å². The lowest BCUT2D eigenvalue weighted by Gasteiger charge is -2.14. The molecule has 2 amide bonds. The lowest BCUT2D eigenvalue weighted by atomic mass is 10.1. The van der Waals surface area contributed by atoms with Crippen molar-refractivity contribution < 1.29 is 23.1 Å². The van der Waals surface area contributed by atoms with E-state index < -0.39 is 17.8 Å². The highest BCUT2D eigenvalue weighted by molar-refractivity contribution is 5.90. The molecule has 122 valence electrons. The van der Waals surface area contributed by atoms with Crippen molar-refractivity contribution in [1.82, 2.24) is 5.32 Å². The summed E-state index contributed by atoms with van der Waals surface area (Å²) in [6, 6.07) is 8.85. The van der Waals surface area contributed by atoms with Gasteiger partial charge < -0.3 is 15.7 Å². The van der Waals surface area contributed by atoms with Gasteiger partial charge in [-0.3, -0.25) is 0 Å². The van der Waals surface area contributed by atoms with Crippen LogP contribution in [0.5, 0.6) is 5.75 Å². The van der Waals surface area contributed by atoms with Gasteiger partial charge in [-0.25, -0.2) is 4.79 Å². The number of carbonyl (C=O) groups excluding carboxylic acids is 1. The highest BCUT2D eigenvalue weighted by Crippen LogP contribution is 2.34. The fourth-order valence-corrected chi connectivity index (χ4v) is 1.95. The Labute approximate surface area is 131 Å². The third kappa shape index (κ3) is 4.38. The molecule has 0 unspecified atom stereocenters. The summed E-state index contributed by atoms with van der Waals surface area (Å²) in [5.41, 5.74) is 0.0945. The van der Waals surface area contributed by atoms with Crippen LogP contribution in [0.25, 0.3) is 0 Å². The number of carbonyl (C=O) groups is 1. The molecule has 0 aromatic heterocycles. The summed E-state index contributed by atoms with van der Waals surface area (Å²) >= 11 is 0. The first-order valence-electron chi connectivity index (χ1n) is 6.77. The summed E-state index contributed by atoms with van der Waals surface area (Å²) in [6.45, 7) is 1.81. The molecule has 2 rings (SSSR count). The van der Waals surface area contributed by atoms with Crippen molar-refractivity contribution in [3.63, 3.8) is 0 Å². The van der Waals surface area contributed by atoms with Gasteiger partial charge in [0.25, 0.3) is 0 Å². The van der Waals surface area contributed by atoms with E-state index in [1.807, 2.05) is 0 Å². The first-order valence-corrected chi connectivity index (χ1v) is 6.77. The minimum absolute atomic E-state index is 0.0772. The molecule has 0 radical (unpaired) electrons. The topological polar surface area (TPSA) is 61.4 Å². The van der Waals surface area contributed by atoms with Gasteiger partial charge in [-0.2, -0.15) is 13.2 Å². The molecule has 0 spiro atoms. The third-order valence-corrected chi connectivity index (χ3v) is 3.21. The van der Waals surface area contributed by atoms with Crippen LogP contribution >= 0.6 is 0 Å². The number of hydrogen-bond acceptors (Lipinski definition) is 2. The summed E-state index contributed by atoms with van der Waals surface area (Å²) in [4.78, 5) is 11.8. The number of phenolic OH excluding ortho intramolecular Hbond substituents is 1. The van der Waals surface area contributed by atoms with Crippen molar-refractivity contribution in [3.05, 3.63) is 59.2 Å². The predicted molar refractivity (Wildman–Crippen MR) is 80.1 cm³/mol. The normalized spacial score (nSPS) is 11.1. The second-order valence-corrected chi connectivity index (χ2v) is 4.97. The average Bonchev–Trinajstić information content (AvgIpc) is 2.48. The molecule has 0 saturated carbocycles. The van der Waals surface area contributed by atoms with E-state index in [-0.39, 0.29) is 18.0 Å². The third-order valence-electron chi connectivity index (χ3n) is 3.21. The molecule has 0 fully saturated rings. The van der Waals surface area contributed by atoms with Crippen molar-refractivity contribution in [1.29, 1.82) is 0 Å². The highest BCUT2D eigenvalue weighted by Gasteiger charge is 2.33. The number of urea groups is 1. The lowest BCUT2D eigenvalue weighted by molar-refractivity contribution is -0.136. The van der Waals surface area contributed by atoms with Crippen LogP contribution in [0.4, 0.5) is 23.7 Å². The Hall–Kier alpha value is -2.70. The van der Waals surface area contributed by atoms with Gasteiger partial charge in [-0.05, 0) is 36.2 Å². The molecule has 0 heterocycles. The van der Waals surface area contributed by atoms with Crippen molar-refractivity contribution in [2.45, 2.75) is 19.6 Å². The number of anilines is 1. The average molecular weight is 324 g/mol. The second kappa shape index (κ2) is 6.60. The summed E-state index contributed by atoms with van der Waals surface area (Å²) in [7, 11) is 0. The van der Waals surface area contributed by atoms with Gasteiger partial charge >= 0.3 is 12.2 Å². The van der Waals surface area contributed by atoms with Crippen molar-refractivity contribution >= 4 is 11.7 Å². The van der Waals surface area contributed by atoms with Crippen LogP contribution in [-0.4, -0.2) is 11.1 Å². The fourth-order valence-electron chi connectivity index (χ4n) is 1.95. The molecular weight excluding hydrogens is 309 g/mol. The summed E-state index contributed by atoms with van der Waals surface area (Å²) < 4.78 is 38.5. The number of benzene rings is 2. The zero-order valence-corrected chi connectivity index (χ0v) is 12.2. The number of rotatable bonds is 3. The SMILES string of the molecule is Cc1ccc(CNC(=O)Nc2ccccc2C(F)(F)F)cc1O. The zero-order chi connectivity index (χ0) is 17.0. The van der Waals surface area contributed by atoms with Gasteiger partial charge in [0.05, 0.1) is 11.3 Å². The summed E-state index contributed by atoms with van der Waals surface area (Å²) in [5.74, 6) is 0.0899. The lowest BCUT2D eigenvalue weighted by Crippen LogP contribution is -2.29. The largest absolute Gasteiger partial charge is 0.508 e. The Morgan fingerprint density at radius 3 is 2.52 bits per heavy atom. The zero-order valence-electron chi connectivity index (χ0n) is 12.2. The highest BCUT2D eigenvalue weighted by atomic mass is 19.4. The van der Waals surface area contributed by atoms with E-state index in [0.29, 0.717) is 11.1 Å². The number of para-hydroxylation sites is 1. The Bertz CT molecular complexity index is 715. The van der Waals surface area contributed by atoms with E-state index in [1.165, 1.54) is 24.3 Å². The van der Waals surface area contributed by atoms with Crippen LogP contribution in [0.15, 0.2) is 42.5 Å². The van der Waals surface area contributed by atoms with Gasteiger partial charge in [0.1, 0.15) is 5.75 Å². The standard InChI is InChI=1S/C16H15F3N2O2/c1-10-6-7-11(8-14(10)22)9-20-15(23)21-13-5-3-2-4-12(13)16(17,18)19/h2-8,22H,9H2,1H3,(H2,20,21,23). The van der Waals surface area contributed by atoms with E-state index in [4.69, 9.17) is 0 Å². The summed E-state index contributed by atoms with van der Waals surface area (Å²) in [5, 5.41) is 14.2. The number of alkyl halides is 3. The van der Waals surface area contributed by atoms with E-state index in [9.17, 15) is 23.1 Å². The molecule has 2 aromatic carbocycles. The van der Waals surface area contributed by atoms with E-state index in [1.54, 1.807) is 19.1 Å². The number of aromatic hydroxyl groups is 1. The molecule has 2 aromatic rings. The molecule has 0 atom stereocenters.